The summed E-state index contributed by atoms with van der Waals surface area (Å²) < 4.78 is 10.9. The molecule has 6 heteroatoms. The Morgan fingerprint density at radius 2 is 1.62 bits per heavy atom. The van der Waals surface area contributed by atoms with E-state index in [-0.39, 0.29) is 11.6 Å². The quantitative estimate of drug-likeness (QED) is 0.483. The number of benzene rings is 1. The molecule has 0 amide bonds. The Morgan fingerprint density at radius 3 is 2.15 bits per heavy atom. The number of ether oxygens (including phenoxy) is 1. The fourth-order valence-electron chi connectivity index (χ4n) is 2.54. The van der Waals surface area contributed by atoms with Crippen LogP contribution in [0, 0.1) is 0 Å². The van der Waals surface area contributed by atoms with Crippen LogP contribution in [0.1, 0.15) is 27.7 Å². The molecule has 0 aliphatic rings. The van der Waals surface area contributed by atoms with Gasteiger partial charge in [-0.25, -0.2) is 4.79 Å². The van der Waals surface area contributed by atoms with Crippen LogP contribution >= 0.6 is 0 Å². The maximum absolute atomic E-state index is 10.7. The van der Waals surface area contributed by atoms with Gasteiger partial charge in [-0.05, 0) is 40.0 Å². The van der Waals surface area contributed by atoms with Crippen LogP contribution in [-0.4, -0.2) is 50.3 Å². The van der Waals surface area contributed by atoms with Crippen molar-refractivity contribution in [1.29, 1.82) is 0 Å². The fraction of sp³-hybridized carbons (Fsp3) is 0.500. The third-order valence-corrected chi connectivity index (χ3v) is 4.41. The topological polar surface area (TPSA) is 82.5 Å². The van der Waals surface area contributed by atoms with Gasteiger partial charge in [0.05, 0.1) is 19.6 Å². The molecule has 0 aliphatic heterocycles. The van der Waals surface area contributed by atoms with Crippen molar-refractivity contribution in [3.63, 3.8) is 0 Å². The molecule has 0 fully saturated rings. The van der Waals surface area contributed by atoms with Crippen LogP contribution in [0.2, 0.25) is 0 Å². The highest BCUT2D eigenvalue weighted by atomic mass is 16.5. The number of para-hydroxylation sites is 1. The molecule has 1 aromatic heterocycles. The maximum Gasteiger partial charge on any atom is 0.336 e. The smallest absolute Gasteiger partial charge is 0.336 e. The van der Waals surface area contributed by atoms with Gasteiger partial charge in [0.1, 0.15) is 18.7 Å². The van der Waals surface area contributed by atoms with Gasteiger partial charge < -0.3 is 19.4 Å². The molecule has 0 saturated carbocycles. The number of nitrogens with two attached hydrogens (primary N) is 1. The van der Waals surface area contributed by atoms with Crippen molar-refractivity contribution < 1.29 is 18.4 Å². The lowest BCUT2D eigenvalue weighted by molar-refractivity contribution is -0.923. The predicted octanol–water partition coefficient (Wildman–Crippen LogP) is 2.79. The molecule has 146 valence electrons. The number of quaternary nitrogens is 1. The molecule has 26 heavy (non-hydrogen) atoms. The number of nitrogens with zero attached hydrogens (tertiary/aromatic N) is 1. The minimum absolute atomic E-state index is 0.179. The molecule has 2 aromatic rings. The van der Waals surface area contributed by atoms with Crippen molar-refractivity contribution in [1.82, 2.24) is 0 Å². The van der Waals surface area contributed by atoms with Crippen LogP contribution in [0.4, 0.5) is 0 Å². The first-order chi connectivity index (χ1) is 12.5. The molecule has 1 aromatic carbocycles. The van der Waals surface area contributed by atoms with Gasteiger partial charge in [0.15, 0.2) is 0 Å². The second kappa shape index (κ2) is 13.1. The van der Waals surface area contributed by atoms with Gasteiger partial charge in [-0.3, -0.25) is 4.79 Å². The fourth-order valence-corrected chi connectivity index (χ4v) is 2.54. The highest BCUT2D eigenvalue weighted by Gasteiger charge is 2.20. The van der Waals surface area contributed by atoms with E-state index in [9.17, 15) is 9.59 Å². The standard InChI is InChI=1S/C10H22NO2.C9H6O2.CH5N/c1-5-11(6-2,7-3)8-9-13-10(4)12;10-9-6-5-7-3-1-2-4-8(7)11-9;1-2/h5-9H2,1-4H3;1-6H;2H2,1H3/q+1;;. The zero-order chi connectivity index (χ0) is 20.0. The van der Waals surface area contributed by atoms with E-state index < -0.39 is 0 Å². The zero-order valence-electron chi connectivity index (χ0n) is 16.7. The summed E-state index contributed by atoms with van der Waals surface area (Å²) in [6.07, 6.45) is 0. The van der Waals surface area contributed by atoms with E-state index in [1.165, 1.54) is 20.0 Å². The Morgan fingerprint density at radius 1 is 1.04 bits per heavy atom. The second-order valence-electron chi connectivity index (χ2n) is 5.65. The SMILES string of the molecule is CC[N+](CC)(CC)CCOC(C)=O.CN.O=c1ccc2ccccc2o1. The highest BCUT2D eigenvalue weighted by Crippen LogP contribution is 2.09. The van der Waals surface area contributed by atoms with Crippen LogP contribution in [0.15, 0.2) is 45.6 Å². The van der Waals surface area contributed by atoms with E-state index in [4.69, 9.17) is 9.15 Å². The normalized spacial score (nSPS) is 10.2. The minimum Gasteiger partial charge on any atom is -0.460 e. The van der Waals surface area contributed by atoms with Crippen molar-refractivity contribution in [3.05, 3.63) is 46.8 Å². The Hall–Kier alpha value is -2.18. The Balaban J connectivity index is 0.000000441. The van der Waals surface area contributed by atoms with E-state index in [0.29, 0.717) is 12.2 Å². The third-order valence-electron chi connectivity index (χ3n) is 4.41. The molecule has 2 rings (SSSR count). The molecular formula is C20H33N2O4+. The van der Waals surface area contributed by atoms with Gasteiger partial charge in [0.2, 0.25) is 0 Å². The first-order valence-corrected chi connectivity index (χ1v) is 9.01. The lowest BCUT2D eigenvalue weighted by Crippen LogP contribution is -2.49. The number of rotatable bonds is 6. The van der Waals surface area contributed by atoms with Gasteiger partial charge in [0.25, 0.3) is 0 Å². The van der Waals surface area contributed by atoms with Crippen LogP contribution in [0.3, 0.4) is 0 Å². The largest absolute Gasteiger partial charge is 0.460 e. The van der Waals surface area contributed by atoms with E-state index >= 15 is 0 Å². The summed E-state index contributed by atoms with van der Waals surface area (Å²) in [7, 11) is 1.50. The highest BCUT2D eigenvalue weighted by molar-refractivity contribution is 5.75. The third kappa shape index (κ3) is 8.27. The van der Waals surface area contributed by atoms with E-state index in [1.54, 1.807) is 12.1 Å². The van der Waals surface area contributed by atoms with Crippen LogP contribution < -0.4 is 11.4 Å². The summed E-state index contributed by atoms with van der Waals surface area (Å²) in [4.78, 5) is 21.3. The number of esters is 1. The second-order valence-corrected chi connectivity index (χ2v) is 5.65. The number of carbonyl (C=O) groups is 1. The first-order valence-electron chi connectivity index (χ1n) is 9.01. The molecule has 6 nitrogen and oxygen atoms in total. The monoisotopic (exact) mass is 365 g/mol. The average Bonchev–Trinajstić information content (AvgIpc) is 2.67. The van der Waals surface area contributed by atoms with Crippen LogP contribution in [0.5, 0.6) is 0 Å². The molecule has 1 heterocycles. The molecule has 0 aliphatic carbocycles. The van der Waals surface area contributed by atoms with Gasteiger partial charge in [-0.2, -0.15) is 0 Å². The number of hydrogen-bond acceptors (Lipinski definition) is 5. The lowest BCUT2D eigenvalue weighted by Gasteiger charge is -2.35. The number of fused-ring (bicyclic) bond motifs is 1. The predicted molar refractivity (Wildman–Crippen MR) is 106 cm³/mol. The van der Waals surface area contributed by atoms with Crippen molar-refractivity contribution in [2.75, 3.05) is 39.8 Å². The average molecular weight is 365 g/mol. The van der Waals surface area contributed by atoms with Crippen molar-refractivity contribution in [3.8, 4) is 0 Å². The molecule has 0 radical (unpaired) electrons. The number of hydrogen-bond donors (Lipinski definition) is 1. The molecule has 0 saturated heterocycles. The minimum atomic E-state index is -0.302. The van der Waals surface area contributed by atoms with E-state index in [1.807, 2.05) is 18.2 Å². The van der Waals surface area contributed by atoms with Gasteiger partial charge in [-0.15, -0.1) is 0 Å². The summed E-state index contributed by atoms with van der Waals surface area (Å²) in [6, 6.07) is 10.6. The lowest BCUT2D eigenvalue weighted by atomic mass is 10.2. The van der Waals surface area contributed by atoms with Crippen molar-refractivity contribution in [2.24, 2.45) is 5.73 Å². The molecule has 2 N–H and O–H groups in total. The zero-order valence-corrected chi connectivity index (χ0v) is 16.7. The Labute approximate surface area is 156 Å². The van der Waals surface area contributed by atoms with E-state index in [2.05, 4.69) is 26.5 Å². The van der Waals surface area contributed by atoms with Crippen LogP contribution in [0.25, 0.3) is 11.0 Å². The van der Waals surface area contributed by atoms with Gasteiger partial charge in [0, 0.05) is 18.4 Å². The molecule has 0 spiro atoms. The van der Waals surface area contributed by atoms with Gasteiger partial charge in [-0.1, -0.05) is 18.2 Å². The van der Waals surface area contributed by atoms with Crippen LogP contribution in [-0.2, 0) is 9.53 Å². The molecule has 0 unspecified atom stereocenters. The number of carbonyl (C=O) groups excluding carboxylic acids is 1. The summed E-state index contributed by atoms with van der Waals surface area (Å²) in [5, 5.41) is 0.951. The van der Waals surface area contributed by atoms with Crippen molar-refractivity contribution in [2.45, 2.75) is 27.7 Å². The van der Waals surface area contributed by atoms with Gasteiger partial charge >= 0.3 is 11.6 Å². The van der Waals surface area contributed by atoms with E-state index in [0.717, 1.165) is 36.0 Å². The molecular weight excluding hydrogens is 332 g/mol. The number of likely N-dealkylation sites (N-methyl/N-ethyl adjacent to an activating group) is 1. The summed E-state index contributed by atoms with van der Waals surface area (Å²) in [5.41, 5.74) is 4.84. The summed E-state index contributed by atoms with van der Waals surface area (Å²) in [6.45, 7) is 12.8. The Bertz CT molecular complexity index is 685. The first kappa shape index (κ1) is 23.8. The maximum atomic E-state index is 10.7. The Kier molecular flexibility index (Phi) is 12.0. The summed E-state index contributed by atoms with van der Waals surface area (Å²) >= 11 is 0. The summed E-state index contributed by atoms with van der Waals surface area (Å²) in [5.74, 6) is -0.179. The van der Waals surface area contributed by atoms with Crippen molar-refractivity contribution >= 4 is 16.9 Å². The molecule has 0 atom stereocenters. The molecule has 0 bridgehead atoms.